The number of amides is 1. The molecular weight excluding hydrogens is 322 g/mol. The molecule has 1 aromatic carbocycles. The van der Waals surface area contributed by atoms with Crippen molar-refractivity contribution in [2.24, 2.45) is 0 Å². The Balaban J connectivity index is 2.18. The molecule has 1 aliphatic heterocycles. The monoisotopic (exact) mass is 341 g/mol. The molecule has 0 radical (unpaired) electrons. The summed E-state index contributed by atoms with van der Waals surface area (Å²) in [5, 5.41) is 5.99. The summed E-state index contributed by atoms with van der Waals surface area (Å²) < 4.78 is 6.41. The molecule has 0 bridgehead atoms. The van der Waals surface area contributed by atoms with Gasteiger partial charge in [-0.05, 0) is 18.2 Å². The second-order valence-corrected chi connectivity index (χ2v) is 5.68. The van der Waals surface area contributed by atoms with Gasteiger partial charge >= 0.3 is 0 Å². The zero-order valence-corrected chi connectivity index (χ0v) is 13.4. The van der Waals surface area contributed by atoms with Gasteiger partial charge in [0.25, 0.3) is 0 Å². The van der Waals surface area contributed by atoms with Gasteiger partial charge in [-0.25, -0.2) is 0 Å². The predicted molar refractivity (Wildman–Crippen MR) is 81.8 cm³/mol. The first-order valence-electron chi connectivity index (χ1n) is 6.64. The minimum absolute atomic E-state index is 0.0474. The minimum atomic E-state index is -0.141. The van der Waals surface area contributed by atoms with Gasteiger partial charge in [-0.2, -0.15) is 0 Å². The normalized spacial score (nSPS) is 19.6. The molecule has 1 aromatic rings. The van der Waals surface area contributed by atoms with Crippen LogP contribution in [0.5, 0.6) is 5.75 Å². The molecule has 20 heavy (non-hydrogen) atoms. The summed E-state index contributed by atoms with van der Waals surface area (Å²) in [5.41, 5.74) is 1.08. The summed E-state index contributed by atoms with van der Waals surface area (Å²) in [7, 11) is 3.34. The number of hydrogen-bond donors (Lipinski definition) is 2. The zero-order chi connectivity index (χ0) is 14.5. The van der Waals surface area contributed by atoms with Crippen molar-refractivity contribution in [3.05, 3.63) is 28.2 Å². The fourth-order valence-electron chi connectivity index (χ4n) is 2.45. The highest BCUT2D eigenvalue weighted by Gasteiger charge is 2.28. The molecule has 0 spiro atoms. The summed E-state index contributed by atoms with van der Waals surface area (Å²) in [4.78, 5) is 14.1. The Morgan fingerprint density at radius 1 is 1.60 bits per heavy atom. The summed E-state index contributed by atoms with van der Waals surface area (Å²) in [6, 6.07) is 5.80. The Kier molecular flexibility index (Phi) is 5.39. The topological polar surface area (TPSA) is 53.6 Å². The SMILES string of the molecule is CNC(=O)C1CNCCN1Cc1cc(Br)ccc1OC. The first-order chi connectivity index (χ1) is 9.65. The van der Waals surface area contributed by atoms with Crippen molar-refractivity contribution in [3.63, 3.8) is 0 Å². The van der Waals surface area contributed by atoms with E-state index in [1.807, 2.05) is 18.2 Å². The average Bonchev–Trinajstić information content (AvgIpc) is 2.47. The number of piperazine rings is 1. The maximum absolute atomic E-state index is 12.0. The maximum Gasteiger partial charge on any atom is 0.238 e. The molecule has 1 amide bonds. The number of halogens is 1. The Morgan fingerprint density at radius 2 is 2.40 bits per heavy atom. The van der Waals surface area contributed by atoms with E-state index in [9.17, 15) is 4.79 Å². The van der Waals surface area contributed by atoms with Crippen LogP contribution in [-0.4, -0.2) is 50.6 Å². The van der Waals surface area contributed by atoms with Gasteiger partial charge in [0.15, 0.2) is 0 Å². The van der Waals surface area contributed by atoms with E-state index in [0.717, 1.165) is 28.9 Å². The van der Waals surface area contributed by atoms with Crippen molar-refractivity contribution < 1.29 is 9.53 Å². The van der Waals surface area contributed by atoms with Gasteiger partial charge in [0.1, 0.15) is 11.8 Å². The maximum atomic E-state index is 12.0. The van der Waals surface area contributed by atoms with Crippen LogP contribution in [0.1, 0.15) is 5.56 Å². The smallest absolute Gasteiger partial charge is 0.238 e. The number of ether oxygens (including phenoxy) is 1. The van der Waals surface area contributed by atoms with Crippen LogP contribution in [0.25, 0.3) is 0 Å². The molecule has 6 heteroatoms. The number of carbonyl (C=O) groups is 1. The number of methoxy groups -OCH3 is 1. The van der Waals surface area contributed by atoms with E-state index in [1.54, 1.807) is 14.2 Å². The van der Waals surface area contributed by atoms with Crippen molar-refractivity contribution in [1.29, 1.82) is 0 Å². The number of rotatable bonds is 4. The van der Waals surface area contributed by atoms with Crippen molar-refractivity contribution in [2.75, 3.05) is 33.8 Å². The molecule has 0 saturated carbocycles. The highest BCUT2D eigenvalue weighted by molar-refractivity contribution is 9.10. The fourth-order valence-corrected chi connectivity index (χ4v) is 2.86. The highest BCUT2D eigenvalue weighted by Crippen LogP contribution is 2.25. The van der Waals surface area contributed by atoms with E-state index in [4.69, 9.17) is 4.74 Å². The molecule has 110 valence electrons. The third kappa shape index (κ3) is 3.50. The summed E-state index contributed by atoms with van der Waals surface area (Å²) in [6.45, 7) is 3.11. The van der Waals surface area contributed by atoms with Crippen molar-refractivity contribution in [2.45, 2.75) is 12.6 Å². The number of nitrogens with zero attached hydrogens (tertiary/aromatic N) is 1. The number of likely N-dealkylation sites (N-methyl/N-ethyl adjacent to an activating group) is 1. The van der Waals surface area contributed by atoms with Gasteiger partial charge in [0.2, 0.25) is 5.91 Å². The van der Waals surface area contributed by atoms with Crippen molar-refractivity contribution in [3.8, 4) is 5.75 Å². The minimum Gasteiger partial charge on any atom is -0.496 e. The van der Waals surface area contributed by atoms with Gasteiger partial charge in [-0.1, -0.05) is 15.9 Å². The lowest BCUT2D eigenvalue weighted by Crippen LogP contribution is -2.56. The van der Waals surface area contributed by atoms with E-state index in [0.29, 0.717) is 13.1 Å². The van der Waals surface area contributed by atoms with Gasteiger partial charge in [0, 0.05) is 43.3 Å². The zero-order valence-electron chi connectivity index (χ0n) is 11.8. The first kappa shape index (κ1) is 15.3. The standard InChI is InChI=1S/C14H20BrN3O2/c1-16-14(19)12-8-17-5-6-18(12)9-10-7-11(15)3-4-13(10)20-2/h3-4,7,12,17H,5-6,8-9H2,1-2H3,(H,16,19). The quantitative estimate of drug-likeness (QED) is 0.857. The van der Waals surface area contributed by atoms with E-state index >= 15 is 0 Å². The molecular formula is C14H20BrN3O2. The summed E-state index contributed by atoms with van der Waals surface area (Å²) >= 11 is 3.48. The largest absolute Gasteiger partial charge is 0.496 e. The summed E-state index contributed by atoms with van der Waals surface area (Å²) in [6.07, 6.45) is 0. The number of hydrogen-bond acceptors (Lipinski definition) is 4. The van der Waals surface area contributed by atoms with Crippen molar-refractivity contribution >= 4 is 21.8 Å². The Hall–Kier alpha value is -1.11. The first-order valence-corrected chi connectivity index (χ1v) is 7.43. The molecule has 2 rings (SSSR count). The van der Waals surface area contributed by atoms with Crippen LogP contribution in [0.2, 0.25) is 0 Å². The lowest BCUT2D eigenvalue weighted by Gasteiger charge is -2.35. The molecule has 1 heterocycles. The fraction of sp³-hybridized carbons (Fsp3) is 0.500. The third-order valence-electron chi connectivity index (χ3n) is 3.52. The van der Waals surface area contributed by atoms with E-state index < -0.39 is 0 Å². The van der Waals surface area contributed by atoms with Crippen LogP contribution >= 0.6 is 15.9 Å². The Morgan fingerprint density at radius 3 is 3.10 bits per heavy atom. The van der Waals surface area contributed by atoms with Crippen LogP contribution in [0, 0.1) is 0 Å². The molecule has 1 saturated heterocycles. The van der Waals surface area contributed by atoms with Crippen LogP contribution in [0.15, 0.2) is 22.7 Å². The number of benzene rings is 1. The van der Waals surface area contributed by atoms with Gasteiger partial charge in [-0.3, -0.25) is 9.69 Å². The highest BCUT2D eigenvalue weighted by atomic mass is 79.9. The molecule has 1 unspecified atom stereocenters. The number of nitrogens with one attached hydrogen (secondary N) is 2. The van der Waals surface area contributed by atoms with Gasteiger partial charge < -0.3 is 15.4 Å². The van der Waals surface area contributed by atoms with E-state index in [2.05, 4.69) is 31.5 Å². The molecule has 2 N–H and O–H groups in total. The molecule has 1 fully saturated rings. The van der Waals surface area contributed by atoms with E-state index in [-0.39, 0.29) is 11.9 Å². The van der Waals surface area contributed by atoms with Crippen molar-refractivity contribution in [1.82, 2.24) is 15.5 Å². The molecule has 1 atom stereocenters. The molecule has 0 aromatic heterocycles. The second kappa shape index (κ2) is 7.06. The molecule has 1 aliphatic rings. The van der Waals surface area contributed by atoms with E-state index in [1.165, 1.54) is 0 Å². The molecule has 5 nitrogen and oxygen atoms in total. The average molecular weight is 342 g/mol. The lowest BCUT2D eigenvalue weighted by atomic mass is 10.1. The third-order valence-corrected chi connectivity index (χ3v) is 4.01. The predicted octanol–water partition coefficient (Wildman–Crippen LogP) is 0.977. The van der Waals surface area contributed by atoms with Crippen LogP contribution < -0.4 is 15.4 Å². The number of carbonyl (C=O) groups excluding carboxylic acids is 1. The Bertz CT molecular complexity index is 481. The lowest BCUT2D eigenvalue weighted by molar-refractivity contribution is -0.126. The Labute approximate surface area is 127 Å². The molecule has 0 aliphatic carbocycles. The second-order valence-electron chi connectivity index (χ2n) is 4.76. The van der Waals surface area contributed by atoms with Gasteiger partial charge in [0.05, 0.1) is 7.11 Å². The van der Waals surface area contributed by atoms with Crippen LogP contribution in [-0.2, 0) is 11.3 Å². The van der Waals surface area contributed by atoms with Gasteiger partial charge in [-0.15, -0.1) is 0 Å². The summed E-state index contributed by atoms with van der Waals surface area (Å²) in [5.74, 6) is 0.897. The van der Waals surface area contributed by atoms with Crippen LogP contribution in [0.3, 0.4) is 0 Å². The van der Waals surface area contributed by atoms with Crippen LogP contribution in [0.4, 0.5) is 0 Å².